The van der Waals surface area contributed by atoms with Crippen LogP contribution in [0.1, 0.15) is 37.9 Å². The zero-order valence-corrected chi connectivity index (χ0v) is 12.9. The fourth-order valence-corrected chi connectivity index (χ4v) is 3.08. The first-order chi connectivity index (χ1) is 9.57. The number of nitrogens with one attached hydrogen (secondary N) is 1. The maximum absolute atomic E-state index is 12.3. The molecule has 114 valence electrons. The van der Waals surface area contributed by atoms with Gasteiger partial charge in [-0.05, 0) is 33.3 Å². The highest BCUT2D eigenvalue weighted by molar-refractivity contribution is 7.89. The first kappa shape index (κ1) is 17.1. The van der Waals surface area contributed by atoms with E-state index in [2.05, 4.69) is 9.71 Å². The quantitative estimate of drug-likeness (QED) is 0.814. The van der Waals surface area contributed by atoms with Crippen LogP contribution in [0.2, 0.25) is 0 Å². The van der Waals surface area contributed by atoms with Crippen LogP contribution in [-0.2, 0) is 14.8 Å². The van der Waals surface area contributed by atoms with Crippen molar-refractivity contribution in [3.63, 3.8) is 0 Å². The van der Waals surface area contributed by atoms with Gasteiger partial charge in [0.25, 0.3) is 0 Å². The fraction of sp³-hybridized carbons (Fsp3) is 0.462. The molecule has 0 radical (unpaired) electrons. The molecule has 0 aliphatic carbocycles. The van der Waals surface area contributed by atoms with Crippen molar-refractivity contribution in [2.75, 3.05) is 0 Å². The molecule has 0 bridgehead atoms. The smallest absolute Gasteiger partial charge is 0.303 e. The standard InChI is InChI=1S/C13H17N3O4S/c1-9-10(7-14)6-11(8-15-9)21(19,20)16-13(2,3)5-4-12(17)18/h6,8,16H,4-5H2,1-3H3,(H,17,18). The number of rotatable bonds is 6. The Morgan fingerprint density at radius 2 is 2.14 bits per heavy atom. The van der Waals surface area contributed by atoms with Crippen LogP contribution in [0.3, 0.4) is 0 Å². The summed E-state index contributed by atoms with van der Waals surface area (Å²) in [6, 6.07) is 3.13. The van der Waals surface area contributed by atoms with Crippen LogP contribution in [0.25, 0.3) is 0 Å². The molecule has 1 aromatic heterocycles. The van der Waals surface area contributed by atoms with E-state index in [0.717, 1.165) is 0 Å². The van der Waals surface area contributed by atoms with Crippen molar-refractivity contribution in [2.45, 2.75) is 44.0 Å². The van der Waals surface area contributed by atoms with Crippen molar-refractivity contribution in [3.05, 3.63) is 23.5 Å². The number of aryl methyl sites for hydroxylation is 1. The summed E-state index contributed by atoms with van der Waals surface area (Å²) in [6.07, 6.45) is 1.17. The molecule has 0 aliphatic heterocycles. The summed E-state index contributed by atoms with van der Waals surface area (Å²) in [4.78, 5) is 14.3. The Morgan fingerprint density at radius 3 is 2.67 bits per heavy atom. The number of nitriles is 1. The molecule has 8 heteroatoms. The third kappa shape index (κ3) is 4.81. The normalized spacial score (nSPS) is 11.9. The van der Waals surface area contributed by atoms with Crippen LogP contribution in [0, 0.1) is 18.3 Å². The van der Waals surface area contributed by atoms with E-state index in [1.54, 1.807) is 20.8 Å². The second-order valence-electron chi connectivity index (χ2n) is 5.30. The number of nitrogens with zero attached hydrogens (tertiary/aromatic N) is 2. The molecule has 1 rings (SSSR count). The molecule has 0 aromatic carbocycles. The van der Waals surface area contributed by atoms with Crippen molar-refractivity contribution >= 4 is 16.0 Å². The molecule has 0 unspecified atom stereocenters. The van der Waals surface area contributed by atoms with Crippen molar-refractivity contribution in [2.24, 2.45) is 0 Å². The lowest BCUT2D eigenvalue weighted by molar-refractivity contribution is -0.137. The highest BCUT2D eigenvalue weighted by atomic mass is 32.2. The molecule has 0 atom stereocenters. The van der Waals surface area contributed by atoms with Gasteiger partial charge in [-0.2, -0.15) is 5.26 Å². The minimum Gasteiger partial charge on any atom is -0.481 e. The number of pyridine rings is 1. The van der Waals surface area contributed by atoms with Gasteiger partial charge in [0.15, 0.2) is 0 Å². The number of carboxylic acid groups (broad SMARTS) is 1. The minimum atomic E-state index is -3.87. The molecule has 0 saturated carbocycles. The first-order valence-electron chi connectivity index (χ1n) is 6.20. The zero-order valence-electron chi connectivity index (χ0n) is 12.0. The third-order valence-corrected chi connectivity index (χ3v) is 4.53. The maximum atomic E-state index is 12.3. The van der Waals surface area contributed by atoms with E-state index < -0.39 is 21.5 Å². The third-order valence-electron chi connectivity index (χ3n) is 2.87. The predicted octanol–water partition coefficient (Wildman–Crippen LogP) is 1.18. The maximum Gasteiger partial charge on any atom is 0.303 e. The number of carbonyl (C=O) groups is 1. The molecule has 7 nitrogen and oxygen atoms in total. The van der Waals surface area contributed by atoms with E-state index in [1.165, 1.54) is 12.3 Å². The molecule has 2 N–H and O–H groups in total. The van der Waals surface area contributed by atoms with E-state index in [0.29, 0.717) is 5.69 Å². The van der Waals surface area contributed by atoms with Gasteiger partial charge in [-0.25, -0.2) is 13.1 Å². The molecule has 1 aromatic rings. The second-order valence-corrected chi connectivity index (χ2v) is 6.98. The topological polar surface area (TPSA) is 120 Å². The summed E-state index contributed by atoms with van der Waals surface area (Å²) in [5, 5.41) is 17.6. The van der Waals surface area contributed by atoms with Gasteiger partial charge in [-0.15, -0.1) is 0 Å². The monoisotopic (exact) mass is 311 g/mol. The number of sulfonamides is 1. The number of hydrogen-bond acceptors (Lipinski definition) is 5. The second kappa shape index (κ2) is 6.20. The van der Waals surface area contributed by atoms with E-state index in [1.807, 2.05) is 6.07 Å². The average Bonchev–Trinajstić information content (AvgIpc) is 2.35. The van der Waals surface area contributed by atoms with Gasteiger partial charge in [-0.3, -0.25) is 9.78 Å². The minimum absolute atomic E-state index is 0.118. The van der Waals surface area contributed by atoms with Gasteiger partial charge >= 0.3 is 5.97 Å². The summed E-state index contributed by atoms with van der Waals surface area (Å²) in [5.41, 5.74) is -0.294. The Hall–Kier alpha value is -1.98. The van der Waals surface area contributed by atoms with Crippen LogP contribution >= 0.6 is 0 Å². The SMILES string of the molecule is Cc1ncc(S(=O)(=O)NC(C)(C)CCC(=O)O)cc1C#N. The van der Waals surface area contributed by atoms with Gasteiger partial charge < -0.3 is 5.11 Å². The summed E-state index contributed by atoms with van der Waals surface area (Å²) >= 11 is 0. The summed E-state index contributed by atoms with van der Waals surface area (Å²) in [5.74, 6) is -0.994. The Kier molecular flexibility index (Phi) is 5.04. The average molecular weight is 311 g/mol. The Balaban J connectivity index is 3.01. The van der Waals surface area contributed by atoms with Crippen LogP contribution < -0.4 is 4.72 Å². The summed E-state index contributed by atoms with van der Waals surface area (Å²) in [7, 11) is -3.87. The van der Waals surface area contributed by atoms with Crippen molar-refractivity contribution < 1.29 is 18.3 Å². The molecule has 21 heavy (non-hydrogen) atoms. The zero-order chi connectivity index (χ0) is 16.3. The van der Waals surface area contributed by atoms with Gasteiger partial charge in [-0.1, -0.05) is 0 Å². The van der Waals surface area contributed by atoms with E-state index in [9.17, 15) is 13.2 Å². The highest BCUT2D eigenvalue weighted by Crippen LogP contribution is 2.18. The van der Waals surface area contributed by atoms with E-state index >= 15 is 0 Å². The van der Waals surface area contributed by atoms with Crippen LogP contribution in [0.15, 0.2) is 17.2 Å². The summed E-state index contributed by atoms with van der Waals surface area (Å²) in [6.45, 7) is 4.81. The number of carboxylic acids is 1. The van der Waals surface area contributed by atoms with Crippen LogP contribution in [-0.4, -0.2) is 30.0 Å². The largest absolute Gasteiger partial charge is 0.481 e. The van der Waals surface area contributed by atoms with Gasteiger partial charge in [0.05, 0.1) is 11.3 Å². The molecular weight excluding hydrogens is 294 g/mol. The highest BCUT2D eigenvalue weighted by Gasteiger charge is 2.27. The number of aliphatic carboxylic acids is 1. The predicted molar refractivity (Wildman–Crippen MR) is 75.0 cm³/mol. The molecule has 0 spiro atoms. The first-order valence-corrected chi connectivity index (χ1v) is 7.68. The molecule has 0 amide bonds. The van der Waals surface area contributed by atoms with Crippen molar-refractivity contribution in [1.29, 1.82) is 5.26 Å². The molecule has 0 fully saturated rings. The Morgan fingerprint density at radius 1 is 1.52 bits per heavy atom. The lowest BCUT2D eigenvalue weighted by Crippen LogP contribution is -2.43. The Labute approximate surface area is 123 Å². The molecule has 0 aliphatic rings. The van der Waals surface area contributed by atoms with Crippen molar-refractivity contribution in [3.8, 4) is 6.07 Å². The van der Waals surface area contributed by atoms with Gasteiger partial charge in [0, 0.05) is 18.2 Å². The molecule has 0 saturated heterocycles. The van der Waals surface area contributed by atoms with E-state index in [4.69, 9.17) is 10.4 Å². The van der Waals surface area contributed by atoms with Gasteiger partial charge in [0.1, 0.15) is 11.0 Å². The van der Waals surface area contributed by atoms with Crippen LogP contribution in [0.5, 0.6) is 0 Å². The lowest BCUT2D eigenvalue weighted by atomic mass is 10.0. The molecular formula is C13H17N3O4S. The lowest BCUT2D eigenvalue weighted by Gasteiger charge is -2.25. The fourth-order valence-electron chi connectivity index (χ4n) is 1.67. The van der Waals surface area contributed by atoms with Crippen LogP contribution in [0.4, 0.5) is 0 Å². The summed E-state index contributed by atoms with van der Waals surface area (Å²) < 4.78 is 27.0. The molecule has 1 heterocycles. The Bertz CT molecular complexity index is 690. The van der Waals surface area contributed by atoms with Gasteiger partial charge in [0.2, 0.25) is 10.0 Å². The number of hydrogen-bond donors (Lipinski definition) is 2. The number of aromatic nitrogens is 1. The van der Waals surface area contributed by atoms with Crippen molar-refractivity contribution in [1.82, 2.24) is 9.71 Å². The van der Waals surface area contributed by atoms with E-state index in [-0.39, 0.29) is 23.3 Å².